The maximum absolute atomic E-state index is 13.5. The van der Waals surface area contributed by atoms with Gasteiger partial charge in [0, 0.05) is 0 Å². The summed E-state index contributed by atoms with van der Waals surface area (Å²) >= 11 is 0. The molecule has 1 atom stereocenters. The Morgan fingerprint density at radius 2 is 1.88 bits per heavy atom. The van der Waals surface area contributed by atoms with Crippen LogP contribution in [0, 0.1) is 5.82 Å². The highest BCUT2D eigenvalue weighted by atomic mass is 32.2. The standard InChI is InChI=1S/C17H19FN2O4S/c1-12(17(21)19-15-9-4-5-10-16(15)24-2)20(25(3,22)23)14-8-6-7-13(18)11-14/h4-12H,1-3H3,(H,19,21)/t12-/m1/s1. The molecule has 0 radical (unpaired) electrons. The largest absolute Gasteiger partial charge is 0.495 e. The first-order valence-corrected chi connectivity index (χ1v) is 9.27. The first-order chi connectivity index (χ1) is 11.7. The fourth-order valence-corrected chi connectivity index (χ4v) is 3.57. The number of nitrogens with one attached hydrogen (secondary N) is 1. The van der Waals surface area contributed by atoms with Gasteiger partial charge in [0.2, 0.25) is 15.9 Å². The van der Waals surface area contributed by atoms with E-state index in [1.165, 1.54) is 32.2 Å². The Labute approximate surface area is 146 Å². The normalized spacial score (nSPS) is 12.3. The van der Waals surface area contributed by atoms with Crippen molar-refractivity contribution in [2.24, 2.45) is 0 Å². The number of carbonyl (C=O) groups is 1. The number of anilines is 2. The zero-order valence-electron chi connectivity index (χ0n) is 14.1. The summed E-state index contributed by atoms with van der Waals surface area (Å²) in [4.78, 5) is 12.6. The SMILES string of the molecule is COc1ccccc1NC(=O)[C@@H](C)N(c1cccc(F)c1)S(C)(=O)=O. The molecular formula is C17H19FN2O4S. The van der Waals surface area contributed by atoms with E-state index in [2.05, 4.69) is 5.32 Å². The van der Waals surface area contributed by atoms with Gasteiger partial charge in [0.15, 0.2) is 0 Å². The van der Waals surface area contributed by atoms with Crippen molar-refractivity contribution >= 4 is 27.3 Å². The monoisotopic (exact) mass is 366 g/mol. The molecule has 0 aliphatic heterocycles. The maximum Gasteiger partial charge on any atom is 0.248 e. The van der Waals surface area contributed by atoms with E-state index < -0.39 is 27.8 Å². The zero-order chi connectivity index (χ0) is 18.6. The molecule has 8 heteroatoms. The van der Waals surface area contributed by atoms with Gasteiger partial charge in [0.05, 0.1) is 24.7 Å². The summed E-state index contributed by atoms with van der Waals surface area (Å²) in [5, 5.41) is 2.63. The van der Waals surface area contributed by atoms with Crippen LogP contribution in [0.4, 0.5) is 15.8 Å². The number of hydrogen-bond acceptors (Lipinski definition) is 4. The summed E-state index contributed by atoms with van der Waals surface area (Å²) < 4.78 is 43.8. The number of nitrogens with zero attached hydrogens (tertiary/aromatic N) is 1. The number of para-hydroxylation sites is 2. The van der Waals surface area contributed by atoms with Gasteiger partial charge in [0.1, 0.15) is 17.6 Å². The summed E-state index contributed by atoms with van der Waals surface area (Å²) in [5.41, 5.74) is 0.486. The zero-order valence-corrected chi connectivity index (χ0v) is 14.9. The van der Waals surface area contributed by atoms with Crippen molar-refractivity contribution in [1.82, 2.24) is 0 Å². The van der Waals surface area contributed by atoms with Crippen LogP contribution in [0.15, 0.2) is 48.5 Å². The molecule has 0 bridgehead atoms. The first-order valence-electron chi connectivity index (χ1n) is 7.43. The molecule has 0 aliphatic rings. The molecule has 2 aromatic rings. The predicted molar refractivity (Wildman–Crippen MR) is 94.8 cm³/mol. The molecule has 0 spiro atoms. The summed E-state index contributed by atoms with van der Waals surface area (Å²) in [6, 6.07) is 10.7. The second-order valence-corrected chi connectivity index (χ2v) is 7.26. The van der Waals surface area contributed by atoms with Gasteiger partial charge in [-0.2, -0.15) is 0 Å². The summed E-state index contributed by atoms with van der Waals surface area (Å²) in [6.45, 7) is 1.43. The second-order valence-electron chi connectivity index (χ2n) is 5.40. The third-order valence-corrected chi connectivity index (χ3v) is 4.76. The van der Waals surface area contributed by atoms with Crippen LogP contribution in [0.25, 0.3) is 0 Å². The number of rotatable bonds is 6. The lowest BCUT2D eigenvalue weighted by atomic mass is 10.2. The van der Waals surface area contributed by atoms with Gasteiger partial charge < -0.3 is 10.1 Å². The minimum atomic E-state index is -3.81. The van der Waals surface area contributed by atoms with E-state index in [9.17, 15) is 17.6 Å². The van der Waals surface area contributed by atoms with E-state index >= 15 is 0 Å². The second kappa shape index (κ2) is 7.52. The van der Waals surface area contributed by atoms with Crippen LogP contribution in [-0.4, -0.2) is 33.7 Å². The third kappa shape index (κ3) is 4.48. The third-order valence-electron chi connectivity index (χ3n) is 3.52. The fraction of sp³-hybridized carbons (Fsp3) is 0.235. The first kappa shape index (κ1) is 18.7. The van der Waals surface area contributed by atoms with E-state index in [1.54, 1.807) is 24.3 Å². The molecule has 0 heterocycles. The summed E-state index contributed by atoms with van der Waals surface area (Å²) in [6.07, 6.45) is 0.963. The fourth-order valence-electron chi connectivity index (χ4n) is 2.41. The molecule has 1 N–H and O–H groups in total. The number of benzene rings is 2. The van der Waals surface area contributed by atoms with Gasteiger partial charge in [-0.15, -0.1) is 0 Å². The van der Waals surface area contributed by atoms with Crippen molar-refractivity contribution in [3.8, 4) is 5.75 Å². The smallest absolute Gasteiger partial charge is 0.248 e. The van der Waals surface area contributed by atoms with Crippen molar-refractivity contribution in [2.75, 3.05) is 23.0 Å². The van der Waals surface area contributed by atoms with Crippen molar-refractivity contribution in [2.45, 2.75) is 13.0 Å². The molecule has 0 saturated carbocycles. The van der Waals surface area contributed by atoms with Crippen LogP contribution >= 0.6 is 0 Å². The van der Waals surface area contributed by atoms with Gasteiger partial charge in [-0.25, -0.2) is 12.8 Å². The van der Waals surface area contributed by atoms with Gasteiger partial charge >= 0.3 is 0 Å². The molecule has 0 aromatic heterocycles. The number of sulfonamides is 1. The van der Waals surface area contributed by atoms with Gasteiger partial charge in [0.25, 0.3) is 0 Å². The van der Waals surface area contributed by atoms with Gasteiger partial charge in [-0.3, -0.25) is 9.10 Å². The highest BCUT2D eigenvalue weighted by molar-refractivity contribution is 7.92. The van der Waals surface area contributed by atoms with E-state index in [-0.39, 0.29) is 5.69 Å². The molecular weight excluding hydrogens is 347 g/mol. The molecule has 0 unspecified atom stereocenters. The Morgan fingerprint density at radius 1 is 1.20 bits per heavy atom. The van der Waals surface area contributed by atoms with E-state index in [0.717, 1.165) is 16.6 Å². The summed E-state index contributed by atoms with van der Waals surface area (Å²) in [7, 11) is -2.35. The molecule has 0 aliphatic carbocycles. The number of amides is 1. The molecule has 2 aromatic carbocycles. The molecule has 0 fully saturated rings. The van der Waals surface area contributed by atoms with Crippen LogP contribution in [0.5, 0.6) is 5.75 Å². The van der Waals surface area contributed by atoms with Crippen molar-refractivity contribution in [3.05, 3.63) is 54.3 Å². The van der Waals surface area contributed by atoms with Gasteiger partial charge in [-0.05, 0) is 37.3 Å². The van der Waals surface area contributed by atoms with Gasteiger partial charge in [-0.1, -0.05) is 18.2 Å². The molecule has 2 rings (SSSR count). The number of hydrogen-bond donors (Lipinski definition) is 1. The lowest BCUT2D eigenvalue weighted by molar-refractivity contribution is -0.116. The van der Waals surface area contributed by atoms with Crippen molar-refractivity contribution in [3.63, 3.8) is 0 Å². The van der Waals surface area contributed by atoms with Crippen LogP contribution in [0.1, 0.15) is 6.92 Å². The van der Waals surface area contributed by atoms with Crippen LogP contribution in [0.2, 0.25) is 0 Å². The Hall–Kier alpha value is -2.61. The minimum absolute atomic E-state index is 0.0742. The Balaban J connectivity index is 2.33. The van der Waals surface area contributed by atoms with E-state index in [0.29, 0.717) is 11.4 Å². The molecule has 0 saturated heterocycles. The van der Waals surface area contributed by atoms with Crippen LogP contribution in [0.3, 0.4) is 0 Å². The van der Waals surface area contributed by atoms with Crippen molar-refractivity contribution in [1.29, 1.82) is 0 Å². The van der Waals surface area contributed by atoms with E-state index in [1.807, 2.05) is 0 Å². The minimum Gasteiger partial charge on any atom is -0.495 e. The lowest BCUT2D eigenvalue weighted by Crippen LogP contribution is -2.45. The Bertz CT molecular complexity index is 870. The predicted octanol–water partition coefficient (Wildman–Crippen LogP) is 2.63. The average Bonchev–Trinajstić information content (AvgIpc) is 2.54. The number of ether oxygens (including phenoxy) is 1. The molecule has 6 nitrogen and oxygen atoms in total. The highest BCUT2D eigenvalue weighted by Crippen LogP contribution is 2.25. The topological polar surface area (TPSA) is 75.7 Å². The molecule has 1 amide bonds. The quantitative estimate of drug-likeness (QED) is 0.853. The Morgan fingerprint density at radius 3 is 2.48 bits per heavy atom. The van der Waals surface area contributed by atoms with Crippen LogP contribution < -0.4 is 14.4 Å². The van der Waals surface area contributed by atoms with Crippen LogP contribution in [-0.2, 0) is 14.8 Å². The average molecular weight is 366 g/mol. The lowest BCUT2D eigenvalue weighted by Gasteiger charge is -2.28. The molecule has 134 valence electrons. The number of methoxy groups -OCH3 is 1. The van der Waals surface area contributed by atoms with Crippen molar-refractivity contribution < 1.29 is 22.3 Å². The highest BCUT2D eigenvalue weighted by Gasteiger charge is 2.29. The summed E-state index contributed by atoms with van der Waals surface area (Å²) in [5.74, 6) is -0.720. The maximum atomic E-state index is 13.5. The number of halogens is 1. The Kier molecular flexibility index (Phi) is 5.63. The number of carbonyl (C=O) groups excluding carboxylic acids is 1. The van der Waals surface area contributed by atoms with E-state index in [4.69, 9.17) is 4.74 Å². The molecule has 25 heavy (non-hydrogen) atoms.